The number of hydrogen-bond acceptors (Lipinski definition) is 5. The first-order valence-corrected chi connectivity index (χ1v) is 5.02. The summed E-state index contributed by atoms with van der Waals surface area (Å²) >= 11 is 3.15. The fourth-order valence-corrected chi connectivity index (χ4v) is 1.06. The third-order valence-electron chi connectivity index (χ3n) is 1.49. The molecule has 0 atom stereocenters. The maximum absolute atomic E-state index is 11.1. The van der Waals surface area contributed by atoms with E-state index in [2.05, 4.69) is 30.4 Å². The fraction of sp³-hybridized carbons (Fsp3) is 0.300. The summed E-state index contributed by atoms with van der Waals surface area (Å²) in [6.45, 7) is 0. The van der Waals surface area contributed by atoms with E-state index in [-0.39, 0.29) is 5.71 Å². The summed E-state index contributed by atoms with van der Waals surface area (Å²) in [5, 5.41) is 0. The molecule has 5 nitrogen and oxygen atoms in total. The van der Waals surface area contributed by atoms with E-state index >= 15 is 0 Å². The molecule has 0 saturated carbocycles. The Labute approximate surface area is 102 Å². The highest BCUT2D eigenvalue weighted by molar-refractivity contribution is 9.11. The Balaban J connectivity index is 4.70. The summed E-state index contributed by atoms with van der Waals surface area (Å²) in [4.78, 5) is 25.7. The fourth-order valence-electron chi connectivity index (χ4n) is 0.714. The molecule has 88 valence electrons. The molecule has 0 aliphatic heterocycles. The molecule has 0 amide bonds. The minimum Gasteiger partial charge on any atom is -0.466 e. The van der Waals surface area contributed by atoms with Gasteiger partial charge in [-0.05, 0) is 12.2 Å². The highest BCUT2D eigenvalue weighted by Crippen LogP contribution is 2.07. The van der Waals surface area contributed by atoms with Gasteiger partial charge >= 0.3 is 11.9 Å². The molecule has 0 rings (SSSR count). The van der Waals surface area contributed by atoms with Crippen LogP contribution in [0.4, 0.5) is 0 Å². The predicted molar refractivity (Wildman–Crippen MR) is 63.5 cm³/mol. The smallest absolute Gasteiger partial charge is 0.356 e. The lowest BCUT2D eigenvalue weighted by Gasteiger charge is -1.97. The van der Waals surface area contributed by atoms with Crippen molar-refractivity contribution >= 4 is 33.6 Å². The minimum absolute atomic E-state index is 0.142. The quantitative estimate of drug-likeness (QED) is 0.338. The van der Waals surface area contributed by atoms with E-state index in [4.69, 9.17) is 0 Å². The van der Waals surface area contributed by atoms with Gasteiger partial charge in [0.15, 0.2) is 0 Å². The number of ether oxygens (including phenoxy) is 2. The molecule has 0 aliphatic rings. The maximum atomic E-state index is 11.1. The van der Waals surface area contributed by atoms with Crippen LogP contribution in [-0.4, -0.2) is 38.9 Å². The van der Waals surface area contributed by atoms with Crippen molar-refractivity contribution in [2.75, 3.05) is 21.3 Å². The van der Waals surface area contributed by atoms with Gasteiger partial charge in [0.05, 0.1) is 14.2 Å². The molecule has 0 unspecified atom stereocenters. The molecule has 0 aliphatic carbocycles. The van der Waals surface area contributed by atoms with Gasteiger partial charge in [0.1, 0.15) is 5.71 Å². The van der Waals surface area contributed by atoms with Crippen LogP contribution in [0.1, 0.15) is 0 Å². The Hall–Kier alpha value is -1.43. The van der Waals surface area contributed by atoms with Crippen molar-refractivity contribution in [1.82, 2.24) is 0 Å². The second kappa shape index (κ2) is 7.81. The van der Waals surface area contributed by atoms with Crippen molar-refractivity contribution in [1.29, 1.82) is 0 Å². The molecule has 0 aromatic heterocycles. The molecule has 0 radical (unpaired) electrons. The van der Waals surface area contributed by atoms with Gasteiger partial charge in [-0.1, -0.05) is 15.9 Å². The first-order valence-electron chi connectivity index (χ1n) is 4.23. The summed E-state index contributed by atoms with van der Waals surface area (Å²) in [5.41, 5.74) is 0.142. The Morgan fingerprint density at radius 1 is 1.19 bits per heavy atom. The van der Waals surface area contributed by atoms with Crippen LogP contribution >= 0.6 is 15.9 Å². The van der Waals surface area contributed by atoms with E-state index in [1.165, 1.54) is 39.5 Å². The molecule has 6 heteroatoms. The average molecular weight is 290 g/mol. The number of allylic oxidation sites excluding steroid dienone is 2. The number of aliphatic imine (C=N–C) groups is 1. The van der Waals surface area contributed by atoms with Gasteiger partial charge in [-0.25, -0.2) is 9.59 Å². The molecule has 0 heterocycles. The van der Waals surface area contributed by atoms with Crippen LogP contribution in [0.3, 0.4) is 0 Å². The normalized spacial score (nSPS) is 12.8. The predicted octanol–water partition coefficient (Wildman–Crippen LogP) is 1.24. The molecule has 0 aromatic carbocycles. The van der Waals surface area contributed by atoms with Gasteiger partial charge in [-0.3, -0.25) is 4.99 Å². The van der Waals surface area contributed by atoms with Crippen LogP contribution in [0, 0.1) is 0 Å². The van der Waals surface area contributed by atoms with Crippen molar-refractivity contribution in [3.8, 4) is 0 Å². The van der Waals surface area contributed by atoms with E-state index in [0.29, 0.717) is 4.48 Å². The van der Waals surface area contributed by atoms with Gasteiger partial charge < -0.3 is 9.47 Å². The van der Waals surface area contributed by atoms with Crippen molar-refractivity contribution in [3.63, 3.8) is 0 Å². The molecule has 0 saturated heterocycles. The van der Waals surface area contributed by atoms with Crippen LogP contribution in [0.5, 0.6) is 0 Å². The minimum atomic E-state index is -0.550. The van der Waals surface area contributed by atoms with Crippen molar-refractivity contribution in [3.05, 3.63) is 22.7 Å². The van der Waals surface area contributed by atoms with Gasteiger partial charge in [-0.2, -0.15) is 0 Å². The summed E-state index contributed by atoms with van der Waals surface area (Å²) in [6, 6.07) is 0. The zero-order valence-corrected chi connectivity index (χ0v) is 10.8. The highest BCUT2D eigenvalue weighted by Gasteiger charge is 2.07. The lowest BCUT2D eigenvalue weighted by Crippen LogP contribution is -2.13. The molecular formula is C10H12BrNO4. The summed E-state index contributed by atoms with van der Waals surface area (Å²) in [6.07, 6.45) is 4.09. The second-order valence-corrected chi connectivity index (χ2v) is 3.40. The number of halogens is 1. The van der Waals surface area contributed by atoms with Crippen LogP contribution in [0.15, 0.2) is 27.7 Å². The van der Waals surface area contributed by atoms with Crippen LogP contribution in [-0.2, 0) is 19.1 Å². The summed E-state index contributed by atoms with van der Waals surface area (Å²) < 4.78 is 9.41. The van der Waals surface area contributed by atoms with E-state index in [9.17, 15) is 9.59 Å². The summed E-state index contributed by atoms with van der Waals surface area (Å²) in [5.74, 6) is -1.04. The first kappa shape index (κ1) is 14.6. The zero-order chi connectivity index (χ0) is 12.6. The van der Waals surface area contributed by atoms with E-state index < -0.39 is 11.9 Å². The van der Waals surface area contributed by atoms with Crippen LogP contribution < -0.4 is 0 Å². The SMILES string of the molecule is CN=C(/C=C(Br)\C=C\C(=O)OC)C(=O)OC. The molecule has 0 bridgehead atoms. The topological polar surface area (TPSA) is 65.0 Å². The number of hydrogen-bond donors (Lipinski definition) is 0. The second-order valence-electron chi connectivity index (χ2n) is 2.49. The summed E-state index contributed by atoms with van der Waals surface area (Å²) in [7, 11) is 4.00. The Kier molecular flexibility index (Phi) is 7.11. The van der Waals surface area contributed by atoms with Crippen LogP contribution in [0.2, 0.25) is 0 Å². The van der Waals surface area contributed by atoms with Crippen molar-refractivity contribution < 1.29 is 19.1 Å². The number of nitrogens with zero attached hydrogens (tertiary/aromatic N) is 1. The van der Waals surface area contributed by atoms with E-state index in [1.54, 1.807) is 0 Å². The number of rotatable bonds is 4. The third-order valence-corrected chi connectivity index (χ3v) is 1.98. The van der Waals surface area contributed by atoms with E-state index in [1.807, 2.05) is 0 Å². The van der Waals surface area contributed by atoms with E-state index in [0.717, 1.165) is 0 Å². The number of methoxy groups -OCH3 is 2. The maximum Gasteiger partial charge on any atom is 0.356 e. The lowest BCUT2D eigenvalue weighted by molar-refractivity contribution is -0.135. The number of esters is 2. The Morgan fingerprint density at radius 2 is 1.81 bits per heavy atom. The molecule has 0 N–H and O–H groups in total. The first-order chi connectivity index (χ1) is 7.54. The van der Waals surface area contributed by atoms with Gasteiger partial charge in [0.25, 0.3) is 0 Å². The molecule has 0 aromatic rings. The highest BCUT2D eigenvalue weighted by atomic mass is 79.9. The number of carbonyl (C=O) groups excluding carboxylic acids is 2. The van der Waals surface area contributed by atoms with Gasteiger partial charge in [-0.15, -0.1) is 0 Å². The average Bonchev–Trinajstić information content (AvgIpc) is 2.31. The largest absolute Gasteiger partial charge is 0.466 e. The molecule has 16 heavy (non-hydrogen) atoms. The third kappa shape index (κ3) is 5.45. The molecular weight excluding hydrogens is 278 g/mol. The van der Waals surface area contributed by atoms with Gasteiger partial charge in [0, 0.05) is 17.6 Å². The Morgan fingerprint density at radius 3 is 2.25 bits per heavy atom. The number of carbonyl (C=O) groups is 2. The monoisotopic (exact) mass is 289 g/mol. The molecule has 0 spiro atoms. The Bertz CT molecular complexity index is 358. The molecule has 0 fully saturated rings. The zero-order valence-electron chi connectivity index (χ0n) is 9.19. The van der Waals surface area contributed by atoms with Crippen molar-refractivity contribution in [2.24, 2.45) is 4.99 Å². The lowest BCUT2D eigenvalue weighted by atomic mass is 10.3. The standard InChI is InChI=1S/C10H12BrNO4/c1-12-8(10(14)16-3)6-7(11)4-5-9(13)15-2/h4-6H,1-3H3/b5-4+,7-6+,12-8?. The van der Waals surface area contributed by atoms with Crippen molar-refractivity contribution in [2.45, 2.75) is 0 Å². The van der Waals surface area contributed by atoms with Crippen LogP contribution in [0.25, 0.3) is 0 Å². The van der Waals surface area contributed by atoms with Gasteiger partial charge in [0.2, 0.25) is 0 Å².